The van der Waals surface area contributed by atoms with Crippen molar-refractivity contribution in [1.29, 1.82) is 0 Å². The van der Waals surface area contributed by atoms with Crippen LogP contribution >= 0.6 is 0 Å². The maximum absolute atomic E-state index is 14.5. The van der Waals surface area contributed by atoms with Gasteiger partial charge in [-0.1, -0.05) is 25.1 Å². The minimum atomic E-state index is -0.212. The summed E-state index contributed by atoms with van der Waals surface area (Å²) in [6.07, 6.45) is 0. The quantitative estimate of drug-likeness (QED) is 0.888. The molecule has 0 aliphatic rings. The Morgan fingerprint density at radius 1 is 1.14 bits per heavy atom. The molecule has 0 saturated carbocycles. The van der Waals surface area contributed by atoms with Crippen molar-refractivity contribution in [2.24, 2.45) is 0 Å². The van der Waals surface area contributed by atoms with E-state index in [1.807, 2.05) is 45.0 Å². The van der Waals surface area contributed by atoms with Crippen molar-refractivity contribution in [1.82, 2.24) is 5.32 Å². The fraction of sp³-hybridized carbons (Fsp3) is 0.333. The van der Waals surface area contributed by atoms with Crippen molar-refractivity contribution in [2.45, 2.75) is 27.3 Å². The number of methoxy groups -OCH3 is 1. The molecule has 0 spiro atoms. The average Bonchev–Trinajstić information content (AvgIpc) is 2.45. The zero-order chi connectivity index (χ0) is 15.4. The lowest BCUT2D eigenvalue weighted by Gasteiger charge is -2.15. The minimum Gasteiger partial charge on any atom is -0.496 e. The first-order chi connectivity index (χ1) is 10.1. The number of hydrogen-bond donors (Lipinski definition) is 1. The summed E-state index contributed by atoms with van der Waals surface area (Å²) in [7, 11) is 1.62. The number of ether oxygens (including phenoxy) is 1. The Morgan fingerprint density at radius 2 is 1.90 bits per heavy atom. The summed E-state index contributed by atoms with van der Waals surface area (Å²) >= 11 is 0. The maximum atomic E-state index is 14.5. The molecule has 2 rings (SSSR count). The van der Waals surface area contributed by atoms with E-state index < -0.39 is 0 Å². The fourth-order valence-electron chi connectivity index (χ4n) is 2.58. The summed E-state index contributed by atoms with van der Waals surface area (Å²) in [5, 5.41) is 3.20. The molecule has 0 aliphatic carbocycles. The lowest BCUT2D eigenvalue weighted by Crippen LogP contribution is -2.11. The molecule has 0 aliphatic heterocycles. The highest BCUT2D eigenvalue weighted by molar-refractivity contribution is 5.75. The molecule has 21 heavy (non-hydrogen) atoms. The van der Waals surface area contributed by atoms with Crippen LogP contribution in [0.5, 0.6) is 5.75 Å². The second kappa shape index (κ2) is 6.72. The van der Waals surface area contributed by atoms with E-state index in [0.29, 0.717) is 17.9 Å². The Hall–Kier alpha value is -1.87. The molecular formula is C18H22FNO. The van der Waals surface area contributed by atoms with Gasteiger partial charge in [0.1, 0.15) is 11.6 Å². The van der Waals surface area contributed by atoms with Crippen LogP contribution in [0.15, 0.2) is 30.3 Å². The Balaban J connectivity index is 2.47. The standard InChI is InChI=1S/C18H22FNO/c1-5-20-11-14-6-7-15(16(19)10-14)18-13(3)8-12(2)9-17(18)21-4/h6-10,20H,5,11H2,1-4H3. The second-order valence-corrected chi connectivity index (χ2v) is 5.25. The zero-order valence-electron chi connectivity index (χ0n) is 13.1. The van der Waals surface area contributed by atoms with Gasteiger partial charge in [0.2, 0.25) is 0 Å². The molecule has 0 aromatic heterocycles. The second-order valence-electron chi connectivity index (χ2n) is 5.25. The normalized spacial score (nSPS) is 10.7. The monoisotopic (exact) mass is 287 g/mol. The number of benzene rings is 2. The van der Waals surface area contributed by atoms with Gasteiger partial charge in [-0.25, -0.2) is 4.39 Å². The molecule has 2 aromatic rings. The van der Waals surface area contributed by atoms with Gasteiger partial charge in [-0.2, -0.15) is 0 Å². The fourth-order valence-corrected chi connectivity index (χ4v) is 2.58. The Bertz CT molecular complexity index is 637. The number of hydrogen-bond acceptors (Lipinski definition) is 2. The molecule has 0 saturated heterocycles. The third-order valence-electron chi connectivity index (χ3n) is 3.55. The van der Waals surface area contributed by atoms with E-state index in [9.17, 15) is 4.39 Å². The van der Waals surface area contributed by atoms with Crippen molar-refractivity contribution in [3.8, 4) is 16.9 Å². The van der Waals surface area contributed by atoms with E-state index in [2.05, 4.69) is 5.32 Å². The van der Waals surface area contributed by atoms with Crippen LogP contribution in [0, 0.1) is 19.7 Å². The van der Waals surface area contributed by atoms with Gasteiger partial charge in [-0.15, -0.1) is 0 Å². The highest BCUT2D eigenvalue weighted by atomic mass is 19.1. The van der Waals surface area contributed by atoms with E-state index in [4.69, 9.17) is 4.74 Å². The van der Waals surface area contributed by atoms with Crippen LogP contribution in [0.2, 0.25) is 0 Å². The molecule has 0 radical (unpaired) electrons. The summed E-state index contributed by atoms with van der Waals surface area (Å²) < 4.78 is 19.9. The summed E-state index contributed by atoms with van der Waals surface area (Å²) in [4.78, 5) is 0. The Kier molecular flexibility index (Phi) is 4.97. The summed E-state index contributed by atoms with van der Waals surface area (Å²) in [6, 6.07) is 9.37. The number of nitrogens with one attached hydrogen (secondary N) is 1. The molecule has 0 heterocycles. The summed E-state index contributed by atoms with van der Waals surface area (Å²) in [6.45, 7) is 7.57. The maximum Gasteiger partial charge on any atom is 0.131 e. The van der Waals surface area contributed by atoms with E-state index in [1.165, 1.54) is 0 Å². The van der Waals surface area contributed by atoms with Crippen LogP contribution in [0.1, 0.15) is 23.6 Å². The number of aryl methyl sites for hydroxylation is 2. The van der Waals surface area contributed by atoms with Crippen molar-refractivity contribution in [3.05, 3.63) is 52.8 Å². The van der Waals surface area contributed by atoms with Gasteiger partial charge in [0.05, 0.1) is 7.11 Å². The zero-order valence-corrected chi connectivity index (χ0v) is 13.1. The SMILES string of the molecule is CCNCc1ccc(-c2c(C)cc(C)cc2OC)c(F)c1. The molecular weight excluding hydrogens is 265 g/mol. The summed E-state index contributed by atoms with van der Waals surface area (Å²) in [5.74, 6) is 0.501. The van der Waals surface area contributed by atoms with Crippen LogP contribution in [0.4, 0.5) is 4.39 Å². The summed E-state index contributed by atoms with van der Waals surface area (Å²) in [5.41, 5.74) is 4.49. The molecule has 1 N–H and O–H groups in total. The average molecular weight is 287 g/mol. The van der Waals surface area contributed by atoms with Crippen LogP contribution in [-0.2, 0) is 6.54 Å². The van der Waals surface area contributed by atoms with Crippen LogP contribution in [0.25, 0.3) is 11.1 Å². The largest absolute Gasteiger partial charge is 0.496 e. The van der Waals surface area contributed by atoms with Crippen molar-refractivity contribution >= 4 is 0 Å². The topological polar surface area (TPSA) is 21.3 Å². The third-order valence-corrected chi connectivity index (χ3v) is 3.55. The predicted molar refractivity (Wildman–Crippen MR) is 85.2 cm³/mol. The lowest BCUT2D eigenvalue weighted by molar-refractivity contribution is 0.415. The first-order valence-electron chi connectivity index (χ1n) is 7.21. The molecule has 3 heteroatoms. The van der Waals surface area contributed by atoms with Crippen LogP contribution < -0.4 is 10.1 Å². The third kappa shape index (κ3) is 3.42. The van der Waals surface area contributed by atoms with Crippen molar-refractivity contribution < 1.29 is 9.13 Å². The van der Waals surface area contributed by atoms with Gasteiger partial charge in [-0.3, -0.25) is 0 Å². The Morgan fingerprint density at radius 3 is 2.52 bits per heavy atom. The van der Waals surface area contributed by atoms with E-state index in [1.54, 1.807) is 13.2 Å². The van der Waals surface area contributed by atoms with E-state index in [-0.39, 0.29) is 5.82 Å². The number of rotatable bonds is 5. The molecule has 0 amide bonds. The smallest absolute Gasteiger partial charge is 0.131 e. The van der Waals surface area contributed by atoms with Gasteiger partial charge in [0.15, 0.2) is 0 Å². The van der Waals surface area contributed by atoms with Gasteiger partial charge < -0.3 is 10.1 Å². The highest BCUT2D eigenvalue weighted by Crippen LogP contribution is 2.36. The molecule has 0 unspecified atom stereocenters. The molecule has 2 nitrogen and oxygen atoms in total. The lowest BCUT2D eigenvalue weighted by atomic mass is 9.96. The predicted octanol–water partition coefficient (Wildman–Crippen LogP) is 4.23. The first kappa shape index (κ1) is 15.5. The van der Waals surface area contributed by atoms with Gasteiger partial charge in [0.25, 0.3) is 0 Å². The van der Waals surface area contributed by atoms with Crippen molar-refractivity contribution in [3.63, 3.8) is 0 Å². The van der Waals surface area contributed by atoms with Crippen molar-refractivity contribution in [2.75, 3.05) is 13.7 Å². The molecule has 0 bridgehead atoms. The van der Waals surface area contributed by atoms with Crippen LogP contribution in [-0.4, -0.2) is 13.7 Å². The van der Waals surface area contributed by atoms with Gasteiger partial charge >= 0.3 is 0 Å². The van der Waals surface area contributed by atoms with E-state index in [0.717, 1.165) is 28.8 Å². The van der Waals surface area contributed by atoms with Crippen LogP contribution in [0.3, 0.4) is 0 Å². The molecule has 2 aromatic carbocycles. The van der Waals surface area contributed by atoms with Gasteiger partial charge in [-0.05, 0) is 49.2 Å². The highest BCUT2D eigenvalue weighted by Gasteiger charge is 2.14. The molecule has 112 valence electrons. The molecule has 0 atom stereocenters. The minimum absolute atomic E-state index is 0.212. The van der Waals surface area contributed by atoms with Gasteiger partial charge in [0, 0.05) is 17.7 Å². The number of halogens is 1. The van der Waals surface area contributed by atoms with E-state index >= 15 is 0 Å². The Labute approximate surface area is 126 Å². The first-order valence-corrected chi connectivity index (χ1v) is 7.21. The molecule has 0 fully saturated rings.